The largest absolute Gasteiger partial charge is 0.375 e. The smallest absolute Gasteiger partial charge is 0.227 e. The fourth-order valence-electron chi connectivity index (χ4n) is 2.30. The summed E-state index contributed by atoms with van der Waals surface area (Å²) in [6, 6.07) is 4.02. The highest BCUT2D eigenvalue weighted by Gasteiger charge is 2.23. The molecule has 4 heteroatoms. The van der Waals surface area contributed by atoms with Crippen LogP contribution in [0.4, 0.5) is 0 Å². The summed E-state index contributed by atoms with van der Waals surface area (Å²) in [6.07, 6.45) is 3.09. The monoisotopic (exact) mass is 267 g/mol. The fourth-order valence-corrected chi connectivity index (χ4v) is 3.00. The summed E-state index contributed by atoms with van der Waals surface area (Å²) in [5.74, 6) is 0.250. The Labute approximate surface area is 113 Å². The SMILES string of the molecule is CC(C)OC1CCN(C(=O)Cc2cccs2)CC1. The topological polar surface area (TPSA) is 29.5 Å². The van der Waals surface area contributed by atoms with Crippen LogP contribution in [0.2, 0.25) is 0 Å². The minimum atomic E-state index is 0.250. The van der Waals surface area contributed by atoms with E-state index in [0.717, 1.165) is 30.8 Å². The molecule has 0 aromatic carbocycles. The van der Waals surface area contributed by atoms with E-state index >= 15 is 0 Å². The first-order chi connectivity index (χ1) is 8.65. The molecule has 1 saturated heterocycles. The van der Waals surface area contributed by atoms with Crippen LogP contribution in [-0.4, -0.2) is 36.1 Å². The highest BCUT2D eigenvalue weighted by molar-refractivity contribution is 7.10. The van der Waals surface area contributed by atoms with Crippen molar-refractivity contribution in [1.82, 2.24) is 4.90 Å². The van der Waals surface area contributed by atoms with Crippen LogP contribution in [0.1, 0.15) is 31.6 Å². The van der Waals surface area contributed by atoms with E-state index < -0.39 is 0 Å². The Morgan fingerprint density at radius 3 is 2.78 bits per heavy atom. The van der Waals surface area contributed by atoms with Crippen molar-refractivity contribution < 1.29 is 9.53 Å². The average molecular weight is 267 g/mol. The molecule has 1 fully saturated rings. The summed E-state index contributed by atoms with van der Waals surface area (Å²) in [4.78, 5) is 15.2. The molecule has 1 aromatic heterocycles. The van der Waals surface area contributed by atoms with E-state index in [2.05, 4.69) is 13.8 Å². The van der Waals surface area contributed by atoms with Gasteiger partial charge in [0.15, 0.2) is 0 Å². The predicted molar refractivity (Wildman–Crippen MR) is 73.8 cm³/mol. The molecular weight excluding hydrogens is 246 g/mol. The maximum absolute atomic E-state index is 12.1. The molecule has 100 valence electrons. The number of hydrogen-bond acceptors (Lipinski definition) is 3. The molecule has 0 N–H and O–H groups in total. The van der Waals surface area contributed by atoms with Crippen molar-refractivity contribution in [3.05, 3.63) is 22.4 Å². The standard InChI is InChI=1S/C14H21NO2S/c1-11(2)17-12-5-7-15(8-6-12)14(16)10-13-4-3-9-18-13/h3-4,9,11-12H,5-8,10H2,1-2H3. The van der Waals surface area contributed by atoms with Gasteiger partial charge in [0.1, 0.15) is 0 Å². The number of nitrogens with zero attached hydrogens (tertiary/aromatic N) is 1. The van der Waals surface area contributed by atoms with Gasteiger partial charge in [-0.2, -0.15) is 0 Å². The van der Waals surface area contributed by atoms with E-state index in [1.807, 2.05) is 22.4 Å². The first-order valence-electron chi connectivity index (χ1n) is 6.61. The van der Waals surface area contributed by atoms with Crippen LogP contribution in [-0.2, 0) is 16.0 Å². The predicted octanol–water partition coefficient (Wildman–Crippen LogP) is 2.71. The maximum atomic E-state index is 12.1. The zero-order valence-corrected chi connectivity index (χ0v) is 11.9. The summed E-state index contributed by atoms with van der Waals surface area (Å²) >= 11 is 1.65. The van der Waals surface area contributed by atoms with Gasteiger partial charge in [0.25, 0.3) is 0 Å². The Morgan fingerprint density at radius 1 is 1.50 bits per heavy atom. The lowest BCUT2D eigenvalue weighted by Gasteiger charge is -2.32. The van der Waals surface area contributed by atoms with Crippen LogP contribution in [0.5, 0.6) is 0 Å². The van der Waals surface area contributed by atoms with Crippen LogP contribution < -0.4 is 0 Å². The molecule has 0 unspecified atom stereocenters. The van der Waals surface area contributed by atoms with E-state index in [1.165, 1.54) is 0 Å². The van der Waals surface area contributed by atoms with Gasteiger partial charge >= 0.3 is 0 Å². The van der Waals surface area contributed by atoms with Gasteiger partial charge in [0, 0.05) is 18.0 Å². The lowest BCUT2D eigenvalue weighted by Crippen LogP contribution is -2.42. The molecule has 2 heterocycles. The number of amides is 1. The Bertz CT molecular complexity index is 367. The Balaban J connectivity index is 1.77. The van der Waals surface area contributed by atoms with Gasteiger partial charge < -0.3 is 9.64 Å². The van der Waals surface area contributed by atoms with E-state index in [-0.39, 0.29) is 12.0 Å². The quantitative estimate of drug-likeness (QED) is 0.839. The van der Waals surface area contributed by atoms with E-state index in [4.69, 9.17) is 4.74 Å². The lowest BCUT2D eigenvalue weighted by molar-refractivity contribution is -0.133. The molecule has 0 aliphatic carbocycles. The highest BCUT2D eigenvalue weighted by atomic mass is 32.1. The van der Waals surface area contributed by atoms with E-state index in [0.29, 0.717) is 12.5 Å². The highest BCUT2D eigenvalue weighted by Crippen LogP contribution is 2.17. The average Bonchev–Trinajstić information content (AvgIpc) is 2.82. The molecule has 18 heavy (non-hydrogen) atoms. The Hall–Kier alpha value is -0.870. The first-order valence-corrected chi connectivity index (χ1v) is 7.48. The molecule has 0 spiro atoms. The third-order valence-corrected chi connectivity index (χ3v) is 4.04. The number of hydrogen-bond donors (Lipinski definition) is 0. The Morgan fingerprint density at radius 2 is 2.22 bits per heavy atom. The number of thiophene rings is 1. The third kappa shape index (κ3) is 3.82. The van der Waals surface area contributed by atoms with Crippen LogP contribution in [0.25, 0.3) is 0 Å². The molecule has 0 atom stereocenters. The minimum absolute atomic E-state index is 0.250. The van der Waals surface area contributed by atoms with E-state index in [9.17, 15) is 4.79 Å². The number of piperidine rings is 1. The van der Waals surface area contributed by atoms with Crippen molar-refractivity contribution in [3.8, 4) is 0 Å². The van der Waals surface area contributed by atoms with Crippen molar-refractivity contribution >= 4 is 17.2 Å². The van der Waals surface area contributed by atoms with Crippen molar-refractivity contribution in [3.63, 3.8) is 0 Å². The molecule has 1 aromatic rings. The first kappa shape index (κ1) is 13.6. The van der Waals surface area contributed by atoms with Gasteiger partial charge in [-0.25, -0.2) is 0 Å². The van der Waals surface area contributed by atoms with Crippen molar-refractivity contribution in [1.29, 1.82) is 0 Å². The van der Waals surface area contributed by atoms with Crippen LogP contribution in [0.3, 0.4) is 0 Å². The lowest BCUT2D eigenvalue weighted by atomic mass is 10.1. The molecule has 1 aliphatic heterocycles. The molecule has 0 saturated carbocycles. The summed E-state index contributed by atoms with van der Waals surface area (Å²) in [5.41, 5.74) is 0. The molecule has 2 rings (SSSR count). The van der Waals surface area contributed by atoms with Gasteiger partial charge in [-0.05, 0) is 38.1 Å². The fraction of sp³-hybridized carbons (Fsp3) is 0.643. The summed E-state index contributed by atoms with van der Waals surface area (Å²) in [5, 5.41) is 2.02. The summed E-state index contributed by atoms with van der Waals surface area (Å²) < 4.78 is 5.79. The molecule has 3 nitrogen and oxygen atoms in total. The number of ether oxygens (including phenoxy) is 1. The third-order valence-electron chi connectivity index (χ3n) is 3.16. The van der Waals surface area contributed by atoms with Gasteiger partial charge in [-0.15, -0.1) is 11.3 Å². The Kier molecular flexibility index (Phi) is 4.78. The van der Waals surface area contributed by atoms with Crippen LogP contribution >= 0.6 is 11.3 Å². The molecule has 1 aliphatic rings. The van der Waals surface area contributed by atoms with Gasteiger partial charge in [0.05, 0.1) is 18.6 Å². The van der Waals surface area contributed by atoms with Crippen molar-refractivity contribution in [2.75, 3.05) is 13.1 Å². The van der Waals surface area contributed by atoms with Gasteiger partial charge in [-0.3, -0.25) is 4.79 Å². The maximum Gasteiger partial charge on any atom is 0.227 e. The molecule has 1 amide bonds. The molecule has 0 bridgehead atoms. The molecule has 0 radical (unpaired) electrons. The second-order valence-electron chi connectivity index (χ2n) is 5.02. The second-order valence-corrected chi connectivity index (χ2v) is 6.05. The number of likely N-dealkylation sites (tertiary alicyclic amines) is 1. The zero-order chi connectivity index (χ0) is 13.0. The minimum Gasteiger partial charge on any atom is -0.375 e. The van der Waals surface area contributed by atoms with Crippen molar-refractivity contribution in [2.24, 2.45) is 0 Å². The summed E-state index contributed by atoms with van der Waals surface area (Å²) in [6.45, 7) is 5.80. The summed E-state index contributed by atoms with van der Waals surface area (Å²) in [7, 11) is 0. The van der Waals surface area contributed by atoms with Gasteiger partial charge in [-0.1, -0.05) is 6.07 Å². The van der Waals surface area contributed by atoms with Gasteiger partial charge in [0.2, 0.25) is 5.91 Å². The molecular formula is C14H21NO2S. The second kappa shape index (κ2) is 6.34. The van der Waals surface area contributed by atoms with Crippen LogP contribution in [0.15, 0.2) is 17.5 Å². The number of carbonyl (C=O) groups excluding carboxylic acids is 1. The van der Waals surface area contributed by atoms with Crippen LogP contribution in [0, 0.1) is 0 Å². The number of carbonyl (C=O) groups is 1. The van der Waals surface area contributed by atoms with Crippen molar-refractivity contribution in [2.45, 2.75) is 45.3 Å². The van der Waals surface area contributed by atoms with E-state index in [1.54, 1.807) is 11.3 Å². The number of rotatable bonds is 4. The zero-order valence-electron chi connectivity index (χ0n) is 11.1. The normalized spacial score (nSPS) is 17.4.